The molecule has 0 saturated carbocycles. The molecule has 8 heteroatoms. The van der Waals surface area contributed by atoms with Crippen LogP contribution in [-0.4, -0.2) is 82.1 Å². The van der Waals surface area contributed by atoms with E-state index in [0.29, 0.717) is 19.0 Å². The maximum Gasteiger partial charge on any atom is 0.239 e. The number of amides is 1. The van der Waals surface area contributed by atoms with Gasteiger partial charge < -0.3 is 14.5 Å². The van der Waals surface area contributed by atoms with Gasteiger partial charge in [0.2, 0.25) is 17.7 Å². The molecule has 0 aliphatic carbocycles. The van der Waals surface area contributed by atoms with Crippen molar-refractivity contribution < 1.29 is 9.53 Å². The van der Waals surface area contributed by atoms with Crippen LogP contribution >= 0.6 is 0 Å². The molecule has 0 spiro atoms. The van der Waals surface area contributed by atoms with Gasteiger partial charge in [0.1, 0.15) is 6.10 Å². The van der Waals surface area contributed by atoms with E-state index in [1.54, 1.807) is 18.6 Å². The van der Waals surface area contributed by atoms with E-state index in [-0.39, 0.29) is 18.1 Å². The highest BCUT2D eigenvalue weighted by Gasteiger charge is 2.31. The van der Waals surface area contributed by atoms with Gasteiger partial charge in [0.25, 0.3) is 0 Å². The number of hydrogen-bond acceptors (Lipinski definition) is 7. The quantitative estimate of drug-likeness (QED) is 0.757. The predicted octanol–water partition coefficient (Wildman–Crippen LogP) is 1.45. The number of likely N-dealkylation sites (tertiary alicyclic amines) is 1. The lowest BCUT2D eigenvalue weighted by Gasteiger charge is -2.40. The van der Waals surface area contributed by atoms with Gasteiger partial charge in [-0.05, 0) is 31.9 Å². The van der Waals surface area contributed by atoms with E-state index in [4.69, 9.17) is 4.74 Å². The Labute approximate surface area is 171 Å². The normalized spacial score (nSPS) is 19.8. The summed E-state index contributed by atoms with van der Waals surface area (Å²) in [6.07, 6.45) is 7.24. The first kappa shape index (κ1) is 19.6. The maximum absolute atomic E-state index is 13.0. The molecule has 0 radical (unpaired) electrons. The lowest BCUT2D eigenvalue weighted by Crippen LogP contribution is -2.55. The van der Waals surface area contributed by atoms with Crippen molar-refractivity contribution in [2.45, 2.75) is 31.9 Å². The number of rotatable bonds is 5. The van der Waals surface area contributed by atoms with E-state index < -0.39 is 0 Å². The molecule has 4 rings (SSSR count). The number of hydrogen-bond donors (Lipinski definition) is 0. The first-order chi connectivity index (χ1) is 14.2. The van der Waals surface area contributed by atoms with Crippen LogP contribution in [0.1, 0.15) is 19.8 Å². The molecule has 0 unspecified atom stereocenters. The molecule has 0 N–H and O–H groups in total. The van der Waals surface area contributed by atoms with Crippen molar-refractivity contribution >= 4 is 11.9 Å². The first-order valence-electron chi connectivity index (χ1n) is 10.3. The first-order valence-corrected chi connectivity index (χ1v) is 10.3. The monoisotopic (exact) mass is 396 g/mol. The van der Waals surface area contributed by atoms with E-state index in [0.717, 1.165) is 45.0 Å². The van der Waals surface area contributed by atoms with Gasteiger partial charge in [0.15, 0.2) is 0 Å². The number of aromatic nitrogens is 3. The van der Waals surface area contributed by atoms with Crippen LogP contribution in [-0.2, 0) is 4.79 Å². The summed E-state index contributed by atoms with van der Waals surface area (Å²) in [5.41, 5.74) is 0. The molecule has 2 aliphatic heterocycles. The molecule has 1 amide bonds. The summed E-state index contributed by atoms with van der Waals surface area (Å²) in [5, 5.41) is 0. The zero-order valence-corrected chi connectivity index (χ0v) is 16.9. The summed E-state index contributed by atoms with van der Waals surface area (Å²) in [4.78, 5) is 32.2. The average Bonchev–Trinajstić information content (AvgIpc) is 2.80. The summed E-state index contributed by atoms with van der Waals surface area (Å²) >= 11 is 0. The number of anilines is 1. The van der Waals surface area contributed by atoms with Gasteiger partial charge in [-0.1, -0.05) is 6.07 Å². The van der Waals surface area contributed by atoms with Crippen LogP contribution in [0.15, 0.2) is 42.9 Å². The molecule has 4 heterocycles. The van der Waals surface area contributed by atoms with Crippen molar-refractivity contribution in [2.24, 2.45) is 0 Å². The van der Waals surface area contributed by atoms with Crippen molar-refractivity contribution in [1.82, 2.24) is 24.8 Å². The van der Waals surface area contributed by atoms with Gasteiger partial charge in [0, 0.05) is 63.9 Å². The fourth-order valence-corrected chi connectivity index (χ4v) is 3.97. The van der Waals surface area contributed by atoms with E-state index in [2.05, 4.69) is 24.8 Å². The Morgan fingerprint density at radius 3 is 2.31 bits per heavy atom. The molecule has 2 saturated heterocycles. The summed E-state index contributed by atoms with van der Waals surface area (Å²) in [6.45, 7) is 6.70. The highest BCUT2D eigenvalue weighted by molar-refractivity contribution is 5.81. The summed E-state index contributed by atoms with van der Waals surface area (Å²) in [7, 11) is 0. The SMILES string of the molecule is C[C@H](C(=O)N1CCN(c2ncccn2)CC1)N1CCC(Oc2ccccn2)CC1. The average molecular weight is 396 g/mol. The van der Waals surface area contributed by atoms with Crippen LogP contribution in [0.3, 0.4) is 0 Å². The maximum atomic E-state index is 13.0. The second kappa shape index (κ2) is 9.17. The molecule has 1 atom stereocenters. The molecule has 2 aromatic rings. The third kappa shape index (κ3) is 4.82. The van der Waals surface area contributed by atoms with Gasteiger partial charge >= 0.3 is 0 Å². The zero-order chi connectivity index (χ0) is 20.1. The number of nitrogens with zero attached hydrogens (tertiary/aromatic N) is 6. The van der Waals surface area contributed by atoms with Crippen LogP contribution in [0.5, 0.6) is 5.88 Å². The molecule has 154 valence electrons. The van der Waals surface area contributed by atoms with Crippen molar-refractivity contribution in [3.8, 4) is 5.88 Å². The minimum atomic E-state index is -0.106. The van der Waals surface area contributed by atoms with E-state index in [1.807, 2.05) is 36.1 Å². The third-order valence-electron chi connectivity index (χ3n) is 5.73. The number of piperidine rings is 1. The van der Waals surface area contributed by atoms with Gasteiger partial charge in [-0.3, -0.25) is 9.69 Å². The molecular weight excluding hydrogens is 368 g/mol. The second-order valence-corrected chi connectivity index (χ2v) is 7.56. The number of pyridine rings is 1. The van der Waals surface area contributed by atoms with Crippen molar-refractivity contribution in [2.75, 3.05) is 44.2 Å². The highest BCUT2D eigenvalue weighted by atomic mass is 16.5. The van der Waals surface area contributed by atoms with Crippen molar-refractivity contribution in [3.05, 3.63) is 42.9 Å². The number of carbonyl (C=O) groups is 1. The van der Waals surface area contributed by atoms with Gasteiger partial charge in [-0.2, -0.15) is 0 Å². The topological polar surface area (TPSA) is 74.7 Å². The van der Waals surface area contributed by atoms with E-state index in [9.17, 15) is 4.79 Å². The number of ether oxygens (including phenoxy) is 1. The van der Waals surface area contributed by atoms with Gasteiger partial charge in [-0.25, -0.2) is 15.0 Å². The van der Waals surface area contributed by atoms with E-state index >= 15 is 0 Å². The minimum absolute atomic E-state index is 0.106. The number of carbonyl (C=O) groups excluding carboxylic acids is 1. The van der Waals surface area contributed by atoms with Crippen LogP contribution in [0.2, 0.25) is 0 Å². The Balaban J connectivity index is 1.24. The highest BCUT2D eigenvalue weighted by Crippen LogP contribution is 2.20. The van der Waals surface area contributed by atoms with E-state index in [1.165, 1.54) is 0 Å². The Kier molecular flexibility index (Phi) is 6.19. The number of piperazine rings is 1. The summed E-state index contributed by atoms with van der Waals surface area (Å²) in [5.74, 6) is 1.63. The molecule has 2 fully saturated rings. The van der Waals surface area contributed by atoms with Crippen LogP contribution in [0, 0.1) is 0 Å². The zero-order valence-electron chi connectivity index (χ0n) is 16.9. The summed E-state index contributed by atoms with van der Waals surface area (Å²) < 4.78 is 5.96. The molecule has 0 bridgehead atoms. The molecule has 8 nitrogen and oxygen atoms in total. The smallest absolute Gasteiger partial charge is 0.239 e. The molecule has 2 aromatic heterocycles. The fourth-order valence-electron chi connectivity index (χ4n) is 3.97. The molecular formula is C21H28N6O2. The fraction of sp³-hybridized carbons (Fsp3) is 0.524. The Morgan fingerprint density at radius 1 is 0.966 bits per heavy atom. The largest absolute Gasteiger partial charge is 0.474 e. The summed E-state index contributed by atoms with van der Waals surface area (Å²) in [6, 6.07) is 7.41. The molecule has 0 aromatic carbocycles. The Hall–Kier alpha value is -2.74. The lowest BCUT2D eigenvalue weighted by atomic mass is 10.1. The predicted molar refractivity (Wildman–Crippen MR) is 110 cm³/mol. The Morgan fingerprint density at radius 2 is 1.66 bits per heavy atom. The Bertz CT molecular complexity index is 774. The standard InChI is InChI=1S/C21H28N6O2/c1-17(25-11-6-18(7-12-25)29-19-5-2-3-8-22-19)20(28)26-13-15-27(16-14-26)21-23-9-4-10-24-21/h2-5,8-10,17-18H,6-7,11-16H2,1H3/t17-/m1/s1. The molecule has 29 heavy (non-hydrogen) atoms. The molecule has 2 aliphatic rings. The second-order valence-electron chi connectivity index (χ2n) is 7.56. The van der Waals surface area contributed by atoms with Crippen LogP contribution in [0.25, 0.3) is 0 Å². The minimum Gasteiger partial charge on any atom is -0.474 e. The van der Waals surface area contributed by atoms with Crippen LogP contribution in [0.4, 0.5) is 5.95 Å². The van der Waals surface area contributed by atoms with Crippen LogP contribution < -0.4 is 9.64 Å². The van der Waals surface area contributed by atoms with Crippen molar-refractivity contribution in [3.63, 3.8) is 0 Å². The lowest BCUT2D eigenvalue weighted by molar-refractivity contribution is -0.137. The van der Waals surface area contributed by atoms with Gasteiger partial charge in [-0.15, -0.1) is 0 Å². The third-order valence-corrected chi connectivity index (χ3v) is 5.73. The van der Waals surface area contributed by atoms with Crippen molar-refractivity contribution in [1.29, 1.82) is 0 Å². The van der Waals surface area contributed by atoms with Gasteiger partial charge in [0.05, 0.1) is 6.04 Å².